The van der Waals surface area contributed by atoms with Gasteiger partial charge in [0.1, 0.15) is 11.9 Å². The molecule has 1 aliphatic rings. The summed E-state index contributed by atoms with van der Waals surface area (Å²) in [5, 5.41) is 23.9. The van der Waals surface area contributed by atoms with Crippen molar-refractivity contribution in [2.75, 3.05) is 13.1 Å². The molecular formula is C19H20N2O3. The molecule has 1 atom stereocenters. The molecule has 24 heavy (non-hydrogen) atoms. The van der Waals surface area contributed by atoms with Crippen LogP contribution in [0.15, 0.2) is 47.5 Å². The van der Waals surface area contributed by atoms with E-state index in [9.17, 15) is 15.0 Å². The van der Waals surface area contributed by atoms with Gasteiger partial charge in [-0.15, -0.1) is 0 Å². The van der Waals surface area contributed by atoms with Crippen LogP contribution in [0.4, 0.5) is 0 Å². The van der Waals surface area contributed by atoms with Gasteiger partial charge in [0.15, 0.2) is 0 Å². The first kappa shape index (κ1) is 16.2. The Kier molecular flexibility index (Phi) is 4.62. The molecule has 3 rings (SSSR count). The Labute approximate surface area is 140 Å². The Balaban J connectivity index is 2.12. The first-order chi connectivity index (χ1) is 11.6. The number of hydrogen-bond donors (Lipinski definition) is 3. The summed E-state index contributed by atoms with van der Waals surface area (Å²) < 4.78 is 0. The highest BCUT2D eigenvalue weighted by atomic mass is 16.3. The third-order valence-electron chi connectivity index (χ3n) is 4.09. The topological polar surface area (TPSA) is 81.9 Å². The molecule has 1 amide bonds. The van der Waals surface area contributed by atoms with Crippen LogP contribution in [0, 0.1) is 6.92 Å². The molecular weight excluding hydrogens is 304 g/mol. The number of rotatable bonds is 2. The lowest BCUT2D eigenvalue weighted by Crippen LogP contribution is -2.26. The molecule has 0 saturated heterocycles. The predicted octanol–water partition coefficient (Wildman–Crippen LogP) is 2.36. The molecule has 0 aromatic heterocycles. The van der Waals surface area contributed by atoms with E-state index in [1.165, 1.54) is 0 Å². The van der Waals surface area contributed by atoms with Crippen LogP contribution in [-0.2, 0) is 0 Å². The minimum absolute atomic E-state index is 0.0117. The van der Waals surface area contributed by atoms with Crippen molar-refractivity contribution < 1.29 is 15.0 Å². The summed E-state index contributed by atoms with van der Waals surface area (Å²) >= 11 is 0. The zero-order valence-corrected chi connectivity index (χ0v) is 13.5. The summed E-state index contributed by atoms with van der Waals surface area (Å²) in [5.74, 6) is -0.168. The second kappa shape index (κ2) is 6.84. The summed E-state index contributed by atoms with van der Waals surface area (Å²) in [7, 11) is 0. The van der Waals surface area contributed by atoms with E-state index in [0.29, 0.717) is 41.9 Å². The van der Waals surface area contributed by atoms with E-state index in [1.54, 1.807) is 36.4 Å². The van der Waals surface area contributed by atoms with Crippen LogP contribution in [-0.4, -0.2) is 34.9 Å². The second-order valence-corrected chi connectivity index (χ2v) is 5.89. The van der Waals surface area contributed by atoms with Crippen LogP contribution in [0.3, 0.4) is 0 Å². The summed E-state index contributed by atoms with van der Waals surface area (Å²) in [4.78, 5) is 16.9. The summed E-state index contributed by atoms with van der Waals surface area (Å²) in [6.45, 7) is 2.92. The van der Waals surface area contributed by atoms with Crippen molar-refractivity contribution in [3.05, 3.63) is 64.7 Å². The van der Waals surface area contributed by atoms with Crippen molar-refractivity contribution in [2.45, 2.75) is 19.4 Å². The highest BCUT2D eigenvalue weighted by molar-refractivity contribution is 6.12. The Hall–Kier alpha value is -2.66. The van der Waals surface area contributed by atoms with Gasteiger partial charge in [0.2, 0.25) is 0 Å². The fourth-order valence-corrected chi connectivity index (χ4v) is 2.84. The molecule has 3 N–H and O–H groups in total. The number of carbonyl (C=O) groups is 1. The number of nitrogens with zero attached hydrogens (tertiary/aromatic N) is 1. The van der Waals surface area contributed by atoms with E-state index in [4.69, 9.17) is 0 Å². The van der Waals surface area contributed by atoms with Crippen LogP contribution in [0.1, 0.15) is 39.6 Å². The average molecular weight is 324 g/mol. The number of phenols is 1. The molecule has 2 aromatic rings. The van der Waals surface area contributed by atoms with E-state index in [2.05, 4.69) is 10.3 Å². The van der Waals surface area contributed by atoms with Gasteiger partial charge in [-0.25, -0.2) is 0 Å². The normalized spacial score (nSPS) is 16.1. The van der Waals surface area contributed by atoms with Gasteiger partial charge >= 0.3 is 0 Å². The SMILES string of the molecule is Cc1ccc(O)c(C(O)C2=NCCCNC(=O)c3ccccc32)c1. The lowest BCUT2D eigenvalue weighted by atomic mass is 9.93. The Morgan fingerprint density at radius 1 is 1.17 bits per heavy atom. The first-order valence-corrected chi connectivity index (χ1v) is 7.97. The fraction of sp³-hybridized carbons (Fsp3) is 0.263. The monoisotopic (exact) mass is 324 g/mol. The van der Waals surface area contributed by atoms with Crippen molar-refractivity contribution in [1.29, 1.82) is 0 Å². The number of aliphatic hydroxyl groups is 1. The molecule has 0 radical (unpaired) electrons. The highest BCUT2D eigenvalue weighted by Gasteiger charge is 2.24. The third-order valence-corrected chi connectivity index (χ3v) is 4.09. The van der Waals surface area contributed by atoms with Gasteiger partial charge in [-0.2, -0.15) is 0 Å². The van der Waals surface area contributed by atoms with Gasteiger partial charge in [-0.05, 0) is 31.5 Å². The van der Waals surface area contributed by atoms with Crippen LogP contribution in [0.5, 0.6) is 5.75 Å². The molecule has 0 spiro atoms. The molecule has 5 nitrogen and oxygen atoms in total. The molecule has 0 aliphatic carbocycles. The lowest BCUT2D eigenvalue weighted by molar-refractivity contribution is 0.0953. The van der Waals surface area contributed by atoms with Gasteiger partial charge in [0, 0.05) is 29.8 Å². The van der Waals surface area contributed by atoms with E-state index in [-0.39, 0.29) is 11.7 Å². The maximum absolute atomic E-state index is 12.3. The van der Waals surface area contributed by atoms with Gasteiger partial charge < -0.3 is 15.5 Å². The molecule has 5 heteroatoms. The maximum atomic E-state index is 12.3. The first-order valence-electron chi connectivity index (χ1n) is 7.97. The molecule has 1 unspecified atom stereocenters. The highest BCUT2D eigenvalue weighted by Crippen LogP contribution is 2.29. The van der Waals surface area contributed by atoms with Crippen molar-refractivity contribution in [1.82, 2.24) is 5.32 Å². The average Bonchev–Trinajstić information content (AvgIpc) is 2.66. The fourth-order valence-electron chi connectivity index (χ4n) is 2.84. The number of aromatic hydroxyl groups is 1. The number of benzene rings is 2. The largest absolute Gasteiger partial charge is 0.508 e. The third kappa shape index (κ3) is 3.16. The summed E-state index contributed by atoms with van der Waals surface area (Å²) in [6, 6.07) is 12.1. The van der Waals surface area contributed by atoms with E-state index in [1.807, 2.05) is 13.0 Å². The quantitative estimate of drug-likeness (QED) is 0.793. The van der Waals surface area contributed by atoms with Gasteiger partial charge in [-0.3, -0.25) is 9.79 Å². The van der Waals surface area contributed by atoms with Gasteiger partial charge in [-0.1, -0.05) is 29.8 Å². The number of fused-ring (bicyclic) bond motifs is 1. The Bertz CT molecular complexity index is 799. The molecule has 0 fully saturated rings. The predicted molar refractivity (Wildman–Crippen MR) is 92.6 cm³/mol. The molecule has 0 bridgehead atoms. The molecule has 1 aliphatic heterocycles. The zero-order valence-electron chi connectivity index (χ0n) is 13.5. The minimum Gasteiger partial charge on any atom is -0.508 e. The number of hydrogen-bond acceptors (Lipinski definition) is 4. The molecule has 2 aromatic carbocycles. The molecule has 1 heterocycles. The second-order valence-electron chi connectivity index (χ2n) is 5.89. The molecule has 0 saturated carbocycles. The minimum atomic E-state index is -1.10. The van der Waals surface area contributed by atoms with Crippen LogP contribution >= 0.6 is 0 Å². The number of aliphatic hydroxyl groups excluding tert-OH is 1. The number of aliphatic imine (C=N–C) groups is 1. The van der Waals surface area contributed by atoms with Crippen molar-refractivity contribution in [2.24, 2.45) is 4.99 Å². The summed E-state index contributed by atoms with van der Waals surface area (Å²) in [5.41, 5.74) is 2.79. The Morgan fingerprint density at radius 3 is 2.71 bits per heavy atom. The lowest BCUT2D eigenvalue weighted by Gasteiger charge is -2.18. The van der Waals surface area contributed by atoms with Crippen molar-refractivity contribution in [3.8, 4) is 5.75 Å². The van der Waals surface area contributed by atoms with Crippen LogP contribution in [0.25, 0.3) is 0 Å². The van der Waals surface area contributed by atoms with Gasteiger partial charge in [0.05, 0.1) is 5.71 Å². The number of phenolic OH excluding ortho intramolecular Hbond substituents is 1. The number of amides is 1. The van der Waals surface area contributed by atoms with Gasteiger partial charge in [0.25, 0.3) is 5.91 Å². The van der Waals surface area contributed by atoms with Crippen molar-refractivity contribution >= 4 is 11.6 Å². The number of carbonyl (C=O) groups excluding carboxylic acids is 1. The number of nitrogens with one attached hydrogen (secondary N) is 1. The summed E-state index contributed by atoms with van der Waals surface area (Å²) in [6.07, 6.45) is -0.410. The standard InChI is InChI=1S/C19H20N2O3/c1-12-7-8-16(22)15(11-12)18(23)17-13-5-2-3-6-14(13)19(24)21-10-4-9-20-17/h2-3,5-8,11,18,22-23H,4,9-10H2,1H3,(H,21,24). The number of aryl methyl sites for hydroxylation is 1. The smallest absolute Gasteiger partial charge is 0.251 e. The van der Waals surface area contributed by atoms with E-state index in [0.717, 1.165) is 5.56 Å². The van der Waals surface area contributed by atoms with Crippen LogP contribution in [0.2, 0.25) is 0 Å². The van der Waals surface area contributed by atoms with E-state index < -0.39 is 6.10 Å². The maximum Gasteiger partial charge on any atom is 0.251 e. The molecule has 124 valence electrons. The zero-order chi connectivity index (χ0) is 17.1. The van der Waals surface area contributed by atoms with Crippen LogP contribution < -0.4 is 5.32 Å². The van der Waals surface area contributed by atoms with Crippen molar-refractivity contribution in [3.63, 3.8) is 0 Å². The Morgan fingerprint density at radius 2 is 1.92 bits per heavy atom. The van der Waals surface area contributed by atoms with E-state index >= 15 is 0 Å².